The van der Waals surface area contributed by atoms with E-state index in [9.17, 15) is 19.2 Å². The van der Waals surface area contributed by atoms with Gasteiger partial charge in [-0.3, -0.25) is 4.79 Å². The molecule has 0 aromatic rings. The lowest BCUT2D eigenvalue weighted by Crippen LogP contribution is -2.37. The Bertz CT molecular complexity index is 406. The summed E-state index contributed by atoms with van der Waals surface area (Å²) in [5.74, 6) is -2.21. The van der Waals surface area contributed by atoms with Gasteiger partial charge in [-0.05, 0) is 6.92 Å². The van der Waals surface area contributed by atoms with Gasteiger partial charge in [-0.15, -0.1) is 0 Å². The number of hydrogen-bond donors (Lipinski definition) is 2. The number of carbonyl (C=O) groups excluding carboxylic acids is 4. The van der Waals surface area contributed by atoms with Crippen LogP contribution in [0.25, 0.3) is 0 Å². The first-order valence-electron chi connectivity index (χ1n) is 6.12. The largest absolute Gasteiger partial charge is 0.461 e. The number of urea groups is 1. The lowest BCUT2D eigenvalue weighted by molar-refractivity contribution is -0.162. The maximum atomic E-state index is 11.2. The first-order valence-corrected chi connectivity index (χ1v) is 6.12. The second-order valence-electron chi connectivity index (χ2n) is 3.50. The number of esters is 3. The topological polar surface area (TPSA) is 120 Å². The number of hydrogen-bond acceptors (Lipinski definition) is 7. The Balaban J connectivity index is 3.73. The van der Waals surface area contributed by atoms with Crippen LogP contribution in [0.4, 0.5) is 4.79 Å². The lowest BCUT2D eigenvalue weighted by atomic mass is 10.5. The SMILES string of the molecule is CCNC(=O)NCCOC(=O)/C=C/C(=O)OCOC(C)=O. The van der Waals surface area contributed by atoms with E-state index in [-0.39, 0.29) is 19.2 Å². The Morgan fingerprint density at radius 1 is 0.952 bits per heavy atom. The number of ether oxygens (including phenoxy) is 3. The quantitative estimate of drug-likeness (QED) is 0.267. The summed E-state index contributed by atoms with van der Waals surface area (Å²) in [5, 5.41) is 4.95. The van der Waals surface area contributed by atoms with Gasteiger partial charge in [-0.1, -0.05) is 0 Å². The zero-order valence-corrected chi connectivity index (χ0v) is 11.8. The van der Waals surface area contributed by atoms with Crippen LogP contribution in [0.5, 0.6) is 0 Å². The molecule has 21 heavy (non-hydrogen) atoms. The number of amides is 2. The zero-order chi connectivity index (χ0) is 16.1. The van der Waals surface area contributed by atoms with Crippen molar-refractivity contribution in [1.82, 2.24) is 10.6 Å². The molecule has 118 valence electrons. The van der Waals surface area contributed by atoms with Gasteiger partial charge in [0.05, 0.1) is 6.54 Å². The predicted molar refractivity (Wildman–Crippen MR) is 69.9 cm³/mol. The molecule has 2 amide bonds. The van der Waals surface area contributed by atoms with Crippen molar-refractivity contribution < 1.29 is 33.4 Å². The van der Waals surface area contributed by atoms with Gasteiger partial charge in [-0.2, -0.15) is 0 Å². The molecule has 2 N–H and O–H groups in total. The zero-order valence-electron chi connectivity index (χ0n) is 11.8. The first-order chi connectivity index (χ1) is 9.95. The third kappa shape index (κ3) is 12.2. The van der Waals surface area contributed by atoms with Crippen molar-refractivity contribution >= 4 is 23.9 Å². The fourth-order valence-electron chi connectivity index (χ4n) is 0.942. The van der Waals surface area contributed by atoms with Gasteiger partial charge in [-0.25, -0.2) is 14.4 Å². The summed E-state index contributed by atoms with van der Waals surface area (Å²) in [6, 6.07) is -0.363. The Hall–Kier alpha value is -2.58. The fourth-order valence-corrected chi connectivity index (χ4v) is 0.942. The normalized spacial score (nSPS) is 9.81. The van der Waals surface area contributed by atoms with E-state index >= 15 is 0 Å². The summed E-state index contributed by atoms with van der Waals surface area (Å²) in [4.78, 5) is 43.6. The van der Waals surface area contributed by atoms with E-state index in [4.69, 9.17) is 4.74 Å². The molecule has 9 heteroatoms. The summed E-state index contributed by atoms with van der Waals surface area (Å²) in [5.41, 5.74) is 0. The molecule has 0 heterocycles. The molecule has 0 aromatic carbocycles. The molecule has 0 spiro atoms. The average molecular weight is 302 g/mol. The van der Waals surface area contributed by atoms with Crippen LogP contribution < -0.4 is 10.6 Å². The molecule has 0 saturated carbocycles. The van der Waals surface area contributed by atoms with Crippen LogP contribution in [-0.4, -0.2) is 50.4 Å². The molecular weight excluding hydrogens is 284 g/mol. The molecule has 0 aliphatic carbocycles. The van der Waals surface area contributed by atoms with Gasteiger partial charge in [0, 0.05) is 25.6 Å². The Kier molecular flexibility index (Phi) is 9.88. The minimum absolute atomic E-state index is 0.0389. The van der Waals surface area contributed by atoms with Crippen LogP contribution in [0.1, 0.15) is 13.8 Å². The van der Waals surface area contributed by atoms with E-state index in [0.29, 0.717) is 6.54 Å². The van der Waals surface area contributed by atoms with Crippen LogP contribution in [0.2, 0.25) is 0 Å². The van der Waals surface area contributed by atoms with E-state index in [0.717, 1.165) is 19.1 Å². The van der Waals surface area contributed by atoms with Crippen LogP contribution >= 0.6 is 0 Å². The average Bonchev–Trinajstić information content (AvgIpc) is 2.41. The van der Waals surface area contributed by atoms with Crippen LogP contribution in [0.15, 0.2) is 12.2 Å². The Morgan fingerprint density at radius 2 is 1.57 bits per heavy atom. The maximum absolute atomic E-state index is 11.2. The van der Waals surface area contributed by atoms with Crippen molar-refractivity contribution in [2.45, 2.75) is 13.8 Å². The standard InChI is InChI=1S/C12H18N2O7/c1-3-13-12(18)14-6-7-19-10(16)4-5-11(17)21-8-20-9(2)15/h4-5H,3,6-8H2,1-2H3,(H2,13,14,18)/b5-4+. The molecule has 0 saturated heterocycles. The van der Waals surface area contributed by atoms with Gasteiger partial charge in [0.2, 0.25) is 6.79 Å². The molecule has 0 aliphatic heterocycles. The van der Waals surface area contributed by atoms with Gasteiger partial charge >= 0.3 is 23.9 Å². The van der Waals surface area contributed by atoms with Crippen LogP contribution in [-0.2, 0) is 28.6 Å². The van der Waals surface area contributed by atoms with E-state index in [1.54, 1.807) is 6.92 Å². The molecule has 0 atom stereocenters. The van der Waals surface area contributed by atoms with Crippen molar-refractivity contribution in [3.63, 3.8) is 0 Å². The third-order valence-corrected chi connectivity index (χ3v) is 1.79. The second-order valence-corrected chi connectivity index (χ2v) is 3.50. The van der Waals surface area contributed by atoms with Crippen LogP contribution in [0, 0.1) is 0 Å². The fraction of sp³-hybridized carbons (Fsp3) is 0.500. The lowest BCUT2D eigenvalue weighted by Gasteiger charge is -2.05. The van der Waals surface area contributed by atoms with Gasteiger partial charge in [0.25, 0.3) is 0 Å². The minimum Gasteiger partial charge on any atom is -0.461 e. The Morgan fingerprint density at radius 3 is 2.14 bits per heavy atom. The molecule has 0 unspecified atom stereocenters. The van der Waals surface area contributed by atoms with Crippen molar-refractivity contribution in [1.29, 1.82) is 0 Å². The molecular formula is C12H18N2O7. The predicted octanol–water partition coefficient (Wildman–Crippen LogP) is -0.531. The van der Waals surface area contributed by atoms with Gasteiger partial charge < -0.3 is 24.8 Å². The van der Waals surface area contributed by atoms with Crippen molar-refractivity contribution in [3.05, 3.63) is 12.2 Å². The highest BCUT2D eigenvalue weighted by Gasteiger charge is 2.02. The molecule has 0 aromatic heterocycles. The summed E-state index contributed by atoms with van der Waals surface area (Å²) >= 11 is 0. The highest BCUT2D eigenvalue weighted by atomic mass is 16.7. The van der Waals surface area contributed by atoms with Crippen molar-refractivity contribution in [3.8, 4) is 0 Å². The molecule has 0 aliphatic rings. The number of nitrogens with one attached hydrogen (secondary N) is 2. The van der Waals surface area contributed by atoms with Crippen LogP contribution in [0.3, 0.4) is 0 Å². The third-order valence-electron chi connectivity index (χ3n) is 1.79. The first kappa shape index (κ1) is 18.4. The van der Waals surface area contributed by atoms with Crippen molar-refractivity contribution in [2.24, 2.45) is 0 Å². The maximum Gasteiger partial charge on any atom is 0.333 e. The summed E-state index contributed by atoms with van der Waals surface area (Å²) in [6.07, 6.45) is 1.70. The number of rotatable bonds is 8. The Labute approximate surface area is 121 Å². The minimum atomic E-state index is -0.853. The molecule has 0 fully saturated rings. The number of carbonyl (C=O) groups is 4. The van der Waals surface area contributed by atoms with E-state index in [1.165, 1.54) is 0 Å². The second kappa shape index (κ2) is 11.3. The molecule has 0 rings (SSSR count). The smallest absolute Gasteiger partial charge is 0.333 e. The van der Waals surface area contributed by atoms with E-state index in [1.807, 2.05) is 0 Å². The summed E-state index contributed by atoms with van der Waals surface area (Å²) in [6.45, 7) is 3.00. The van der Waals surface area contributed by atoms with E-state index < -0.39 is 24.7 Å². The van der Waals surface area contributed by atoms with E-state index in [2.05, 4.69) is 20.1 Å². The summed E-state index contributed by atoms with van der Waals surface area (Å²) in [7, 11) is 0. The molecule has 0 bridgehead atoms. The monoisotopic (exact) mass is 302 g/mol. The summed E-state index contributed by atoms with van der Waals surface area (Å²) < 4.78 is 13.5. The molecule has 0 radical (unpaired) electrons. The molecule has 9 nitrogen and oxygen atoms in total. The van der Waals surface area contributed by atoms with Gasteiger partial charge in [0.15, 0.2) is 0 Å². The van der Waals surface area contributed by atoms with Crippen molar-refractivity contribution in [2.75, 3.05) is 26.5 Å². The highest BCUT2D eigenvalue weighted by Crippen LogP contribution is 1.87. The highest BCUT2D eigenvalue weighted by molar-refractivity contribution is 5.91. The van der Waals surface area contributed by atoms with Gasteiger partial charge in [0.1, 0.15) is 6.61 Å².